The van der Waals surface area contributed by atoms with Gasteiger partial charge < -0.3 is 19.5 Å². The summed E-state index contributed by atoms with van der Waals surface area (Å²) in [6.07, 6.45) is 2.38. The average molecular weight is 493 g/mol. The van der Waals surface area contributed by atoms with Gasteiger partial charge in [-0.05, 0) is 55.7 Å². The number of likely N-dealkylation sites (tertiary alicyclic amines) is 1. The van der Waals surface area contributed by atoms with E-state index in [9.17, 15) is 9.00 Å². The Morgan fingerprint density at radius 1 is 1.11 bits per heavy atom. The summed E-state index contributed by atoms with van der Waals surface area (Å²) in [4.78, 5) is 21.3. The number of aromatic amines is 1. The molecule has 2 aromatic carbocycles. The molecule has 8 heteroatoms. The van der Waals surface area contributed by atoms with Gasteiger partial charge in [0.25, 0.3) is 0 Å². The molecular weight excluding hydrogens is 460 g/mol. The molecule has 3 aromatic rings. The monoisotopic (exact) mass is 492 g/mol. The lowest BCUT2D eigenvalue weighted by Crippen LogP contribution is -2.68. The molecule has 0 radical (unpaired) electrons. The lowest BCUT2D eigenvalue weighted by atomic mass is 9.78. The Morgan fingerprint density at radius 2 is 1.89 bits per heavy atom. The fourth-order valence-corrected chi connectivity index (χ4v) is 6.49. The van der Waals surface area contributed by atoms with Gasteiger partial charge in [0.15, 0.2) is 0 Å². The molecule has 6 rings (SSSR count). The van der Waals surface area contributed by atoms with E-state index in [1.165, 1.54) is 24.1 Å². The lowest BCUT2D eigenvalue weighted by molar-refractivity contribution is -0.195. The second-order valence-corrected chi connectivity index (χ2v) is 12.0. The Kier molecular flexibility index (Phi) is 5.70. The molecule has 1 unspecified atom stereocenters. The first-order valence-corrected chi connectivity index (χ1v) is 13.5. The van der Waals surface area contributed by atoms with Gasteiger partial charge in [0.2, 0.25) is 5.91 Å². The van der Waals surface area contributed by atoms with Crippen LogP contribution in [0, 0.1) is 12.3 Å². The highest BCUT2D eigenvalue weighted by atomic mass is 32.2. The third kappa shape index (κ3) is 4.17. The van der Waals surface area contributed by atoms with Crippen LogP contribution in [0.1, 0.15) is 18.4 Å². The van der Waals surface area contributed by atoms with Crippen LogP contribution in [0.5, 0.6) is 0 Å². The van der Waals surface area contributed by atoms with Crippen LogP contribution in [0.3, 0.4) is 0 Å². The molecule has 3 saturated heterocycles. The van der Waals surface area contributed by atoms with Crippen LogP contribution in [0.4, 0.5) is 5.69 Å². The number of rotatable bonds is 6. The predicted octanol–water partition coefficient (Wildman–Crippen LogP) is 3.56. The predicted molar refractivity (Wildman–Crippen MR) is 139 cm³/mol. The van der Waals surface area contributed by atoms with Crippen molar-refractivity contribution in [1.82, 2.24) is 14.2 Å². The van der Waals surface area contributed by atoms with Crippen molar-refractivity contribution in [1.29, 1.82) is 0 Å². The van der Waals surface area contributed by atoms with E-state index in [4.69, 9.17) is 4.74 Å². The number of hydrogen-bond acceptors (Lipinski definition) is 4. The molecule has 3 fully saturated rings. The fraction of sp³-hybridized carbons (Fsp3) is 0.444. The number of carbonyl (C=O) groups excluding carboxylic acids is 1. The topological polar surface area (TPSA) is 68.9 Å². The van der Waals surface area contributed by atoms with Crippen molar-refractivity contribution in [3.8, 4) is 11.3 Å². The summed E-state index contributed by atoms with van der Waals surface area (Å²) in [6.45, 7) is 7.30. The van der Waals surface area contributed by atoms with Gasteiger partial charge in [0.05, 0.1) is 30.1 Å². The summed E-state index contributed by atoms with van der Waals surface area (Å²) in [7, 11) is 0.323. The molecule has 1 aromatic heterocycles. The fourth-order valence-electron chi connectivity index (χ4n) is 5.50. The molecule has 3 aliphatic rings. The van der Waals surface area contributed by atoms with Gasteiger partial charge in [-0.25, -0.2) is 8.51 Å². The maximum atomic E-state index is 13.5. The van der Waals surface area contributed by atoms with Gasteiger partial charge in [-0.15, -0.1) is 0 Å². The quantitative estimate of drug-likeness (QED) is 0.571. The number of benzene rings is 2. The van der Waals surface area contributed by atoms with E-state index in [2.05, 4.69) is 47.1 Å². The molecule has 0 bridgehead atoms. The van der Waals surface area contributed by atoms with Crippen molar-refractivity contribution in [2.45, 2.75) is 24.7 Å². The van der Waals surface area contributed by atoms with E-state index in [-0.39, 0.29) is 17.9 Å². The number of nitrogens with one attached hydrogen (secondary N) is 1. The molecule has 184 valence electrons. The van der Waals surface area contributed by atoms with Crippen molar-refractivity contribution < 1.29 is 13.7 Å². The molecule has 1 atom stereocenters. The van der Waals surface area contributed by atoms with Crippen molar-refractivity contribution in [3.05, 3.63) is 48.0 Å². The smallest absolute Gasteiger partial charge is 0.237 e. The summed E-state index contributed by atoms with van der Waals surface area (Å²) in [5, 5.41) is 1.16. The molecule has 3 aliphatic heterocycles. The number of fused-ring (bicyclic) bond motifs is 1. The number of anilines is 1. The zero-order valence-electron chi connectivity index (χ0n) is 20.4. The number of carbonyl (C=O) groups is 1. The normalized spacial score (nSPS) is 19.9. The highest BCUT2D eigenvalue weighted by Crippen LogP contribution is 2.38. The molecule has 4 heterocycles. The van der Waals surface area contributed by atoms with Crippen LogP contribution in [-0.2, 0) is 20.5 Å². The summed E-state index contributed by atoms with van der Waals surface area (Å²) < 4.78 is 20.4. The van der Waals surface area contributed by atoms with Crippen molar-refractivity contribution in [3.63, 3.8) is 0 Å². The molecule has 1 N–H and O–H groups in total. The van der Waals surface area contributed by atoms with Gasteiger partial charge in [-0.3, -0.25) is 4.79 Å². The van der Waals surface area contributed by atoms with E-state index >= 15 is 0 Å². The van der Waals surface area contributed by atoms with Crippen LogP contribution >= 0.6 is 0 Å². The summed E-state index contributed by atoms with van der Waals surface area (Å²) >= 11 is 0. The minimum Gasteiger partial charge on any atom is -0.380 e. The molecule has 7 nitrogen and oxygen atoms in total. The zero-order chi connectivity index (χ0) is 24.2. The number of likely N-dealkylation sites (N-methyl/N-ethyl adjacent to an activating group) is 1. The number of aryl methyl sites for hydroxylation is 1. The standard InChI is InChI=1S/C27H32N4O3S/c1-19-5-6-20-12-24(28-23(20)11-19)22-13-21(7-8-25(22)30-9-3-4-10-30)35(33)29(2)14-26(32)31-15-27(16-31)17-34-18-27/h5-8,11-13,28H,3-4,9-10,14-18H2,1-2H3. The maximum Gasteiger partial charge on any atom is 0.237 e. The Bertz CT molecular complexity index is 1300. The van der Waals surface area contributed by atoms with E-state index in [0.717, 1.165) is 61.6 Å². The lowest BCUT2D eigenvalue weighted by Gasteiger charge is -2.55. The molecule has 1 amide bonds. The molecule has 0 saturated carbocycles. The number of ether oxygens (including phenoxy) is 1. The van der Waals surface area contributed by atoms with E-state index in [0.29, 0.717) is 4.90 Å². The highest BCUT2D eigenvalue weighted by molar-refractivity contribution is 7.82. The Morgan fingerprint density at radius 3 is 2.60 bits per heavy atom. The molecular formula is C27H32N4O3S. The van der Waals surface area contributed by atoms with Gasteiger partial charge in [0.1, 0.15) is 11.0 Å². The van der Waals surface area contributed by atoms with E-state index < -0.39 is 11.0 Å². The number of amides is 1. The first-order chi connectivity index (χ1) is 16.9. The van der Waals surface area contributed by atoms with Crippen LogP contribution in [0.25, 0.3) is 22.2 Å². The van der Waals surface area contributed by atoms with Crippen molar-refractivity contribution in [2.75, 3.05) is 57.9 Å². The Balaban J connectivity index is 1.26. The third-order valence-electron chi connectivity index (χ3n) is 7.55. The summed E-state index contributed by atoms with van der Waals surface area (Å²) in [6, 6.07) is 14.7. The molecule has 1 spiro atoms. The number of H-pyrrole nitrogens is 1. The maximum absolute atomic E-state index is 13.5. The average Bonchev–Trinajstić information content (AvgIpc) is 3.46. The van der Waals surface area contributed by atoms with Gasteiger partial charge in [0, 0.05) is 61.1 Å². The van der Waals surface area contributed by atoms with Gasteiger partial charge in [-0.2, -0.15) is 0 Å². The Hall–Kier alpha value is -2.68. The van der Waals surface area contributed by atoms with E-state index in [1.807, 2.05) is 17.0 Å². The second kappa shape index (κ2) is 8.76. The third-order valence-corrected chi connectivity index (χ3v) is 8.90. The highest BCUT2D eigenvalue weighted by Gasteiger charge is 2.50. The molecule has 0 aliphatic carbocycles. The van der Waals surface area contributed by atoms with Crippen LogP contribution in [-0.4, -0.2) is 77.3 Å². The number of nitrogens with zero attached hydrogens (tertiary/aromatic N) is 3. The summed E-state index contributed by atoms with van der Waals surface area (Å²) in [5.74, 6) is 0.0262. The molecule has 35 heavy (non-hydrogen) atoms. The van der Waals surface area contributed by atoms with Gasteiger partial charge >= 0.3 is 0 Å². The van der Waals surface area contributed by atoms with Crippen molar-refractivity contribution in [2.24, 2.45) is 5.41 Å². The SMILES string of the molecule is Cc1ccc2cc(-c3cc(S(=O)N(C)CC(=O)N4CC5(COC5)C4)ccc3N3CCCC3)[nH]c2c1. The minimum atomic E-state index is -1.44. The first-order valence-electron chi connectivity index (χ1n) is 12.4. The zero-order valence-corrected chi connectivity index (χ0v) is 21.2. The summed E-state index contributed by atoms with van der Waals surface area (Å²) in [5.41, 5.74) is 5.75. The first kappa shape index (κ1) is 22.8. The minimum absolute atomic E-state index is 0.0262. The largest absolute Gasteiger partial charge is 0.380 e. The van der Waals surface area contributed by atoms with Crippen molar-refractivity contribution >= 4 is 33.5 Å². The van der Waals surface area contributed by atoms with Crippen LogP contribution < -0.4 is 4.90 Å². The Labute approximate surface area is 208 Å². The number of aromatic nitrogens is 1. The van der Waals surface area contributed by atoms with Crippen LogP contribution in [0.2, 0.25) is 0 Å². The van der Waals surface area contributed by atoms with Crippen LogP contribution in [0.15, 0.2) is 47.4 Å². The van der Waals surface area contributed by atoms with E-state index in [1.54, 1.807) is 11.4 Å². The second-order valence-electron chi connectivity index (χ2n) is 10.4. The number of hydrogen-bond donors (Lipinski definition) is 1. The van der Waals surface area contributed by atoms with Gasteiger partial charge in [-0.1, -0.05) is 12.1 Å².